The number of ether oxygens (including phenoxy) is 1. The van der Waals surface area contributed by atoms with Crippen LogP contribution in [0, 0.1) is 0 Å². The van der Waals surface area contributed by atoms with Crippen molar-refractivity contribution in [3.05, 3.63) is 83.4 Å². The van der Waals surface area contributed by atoms with E-state index in [1.807, 2.05) is 16.9 Å². The second-order valence-corrected chi connectivity index (χ2v) is 11.6. The van der Waals surface area contributed by atoms with Gasteiger partial charge in [-0.25, -0.2) is 13.4 Å². The summed E-state index contributed by atoms with van der Waals surface area (Å²) in [6.07, 6.45) is 6.60. The van der Waals surface area contributed by atoms with Crippen molar-refractivity contribution in [1.82, 2.24) is 9.62 Å². The summed E-state index contributed by atoms with van der Waals surface area (Å²) in [6.45, 7) is 7.38. The van der Waals surface area contributed by atoms with E-state index in [0.717, 1.165) is 55.6 Å². The van der Waals surface area contributed by atoms with Gasteiger partial charge < -0.3 is 9.64 Å². The quantitative estimate of drug-likeness (QED) is 0.394. The van der Waals surface area contributed by atoms with Gasteiger partial charge in [0.15, 0.2) is 0 Å². The topological polar surface area (TPSA) is 88.1 Å². The minimum absolute atomic E-state index is 0.232. The maximum atomic E-state index is 11.6. The average molecular weight is 538 g/mol. The van der Waals surface area contributed by atoms with Gasteiger partial charge in [-0.15, -0.1) is 0 Å². The van der Waals surface area contributed by atoms with Crippen LogP contribution in [-0.2, 0) is 19.6 Å². The van der Waals surface area contributed by atoms with Crippen LogP contribution >= 0.6 is 0 Å². The predicted octanol–water partition coefficient (Wildman–Crippen LogP) is 5.28. The van der Waals surface area contributed by atoms with E-state index in [9.17, 15) is 13.2 Å². The van der Waals surface area contributed by atoms with Crippen molar-refractivity contribution in [2.45, 2.75) is 52.5 Å². The zero-order chi connectivity index (χ0) is 27.5. The highest BCUT2D eigenvalue weighted by molar-refractivity contribution is 7.89. The molecule has 38 heavy (non-hydrogen) atoms. The van der Waals surface area contributed by atoms with E-state index in [-0.39, 0.29) is 12.6 Å². The fraction of sp³-hybridized carbons (Fsp3) is 0.400. The number of aliphatic imine (C=N–C) groups is 1. The molecule has 0 saturated carbocycles. The molecule has 0 radical (unpaired) electrons. The molecule has 0 unspecified atom stereocenters. The summed E-state index contributed by atoms with van der Waals surface area (Å²) in [7, 11) is -3.57. The summed E-state index contributed by atoms with van der Waals surface area (Å²) in [5.41, 5.74) is 5.82. The molecule has 0 spiro atoms. The molecule has 2 aromatic carbocycles. The average Bonchev–Trinajstić information content (AvgIpc) is 2.86. The molecule has 0 atom stereocenters. The van der Waals surface area contributed by atoms with Gasteiger partial charge in [-0.1, -0.05) is 66.2 Å². The van der Waals surface area contributed by atoms with Crippen molar-refractivity contribution in [2.24, 2.45) is 4.99 Å². The van der Waals surface area contributed by atoms with Gasteiger partial charge in [-0.2, -0.15) is 0 Å². The second kappa shape index (κ2) is 14.1. The van der Waals surface area contributed by atoms with Crippen LogP contribution < -0.4 is 4.72 Å². The number of nitrogens with zero attached hydrogens (tertiary/aromatic N) is 2. The normalized spacial score (nSPS) is 19.1. The van der Waals surface area contributed by atoms with Crippen molar-refractivity contribution < 1.29 is 17.9 Å². The summed E-state index contributed by atoms with van der Waals surface area (Å²) in [5.74, 6) is 0.285. The fourth-order valence-corrected chi connectivity index (χ4v) is 4.85. The Hall–Kier alpha value is -3.23. The number of unbranched alkanes of at least 4 members (excludes halogenated alkanes) is 1. The van der Waals surface area contributed by atoms with Crippen LogP contribution in [0.3, 0.4) is 0 Å². The third-order valence-electron chi connectivity index (χ3n) is 6.21. The molecule has 1 amide bonds. The number of hydrogen-bond donors (Lipinski definition) is 1. The molecule has 0 aromatic heterocycles. The molecule has 1 aliphatic heterocycles. The van der Waals surface area contributed by atoms with E-state index in [2.05, 4.69) is 80.3 Å². The number of carbonyl (C=O) groups excluding carboxylic acids is 1. The van der Waals surface area contributed by atoms with Gasteiger partial charge in [0.1, 0.15) is 12.4 Å². The summed E-state index contributed by atoms with van der Waals surface area (Å²) >= 11 is 0. The van der Waals surface area contributed by atoms with Crippen LogP contribution in [0.25, 0.3) is 11.3 Å². The number of amides is 1. The summed E-state index contributed by atoms with van der Waals surface area (Å²) in [5, 5.41) is 0. The summed E-state index contributed by atoms with van der Waals surface area (Å²) in [4.78, 5) is 19.2. The zero-order valence-electron chi connectivity index (χ0n) is 22.8. The van der Waals surface area contributed by atoms with Gasteiger partial charge in [-0.05, 0) is 63.7 Å². The number of allylic oxidation sites excluding steroid dienone is 2. The Labute approximate surface area is 227 Å². The number of carbonyl (C=O) groups is 1. The number of amidine groups is 1. The highest BCUT2D eigenvalue weighted by atomic mass is 32.2. The SMILES string of the molecule is C\C1=C/C(N(CCCCOCC(=O)NS(C)(=O)=O)C(C)C)=N\C(c2ccccc2)=C(\c2ccccc2)CC1. The molecule has 3 rings (SSSR count). The Kier molecular flexibility index (Phi) is 10.9. The van der Waals surface area contributed by atoms with E-state index >= 15 is 0 Å². The second-order valence-electron chi connectivity index (χ2n) is 9.86. The molecule has 8 heteroatoms. The highest BCUT2D eigenvalue weighted by Gasteiger charge is 2.19. The Morgan fingerprint density at radius 2 is 1.63 bits per heavy atom. The molecule has 0 bridgehead atoms. The van der Waals surface area contributed by atoms with Crippen LogP contribution in [0.1, 0.15) is 57.6 Å². The molecule has 0 saturated heterocycles. The first-order valence-electron chi connectivity index (χ1n) is 13.1. The van der Waals surface area contributed by atoms with Crippen LogP contribution in [0.2, 0.25) is 0 Å². The van der Waals surface area contributed by atoms with Crippen molar-refractivity contribution in [3.8, 4) is 0 Å². The molecule has 2 aromatic rings. The number of rotatable bonds is 11. The number of sulfonamides is 1. The van der Waals surface area contributed by atoms with Gasteiger partial charge in [0.25, 0.3) is 5.91 Å². The third-order valence-corrected chi connectivity index (χ3v) is 6.81. The largest absolute Gasteiger partial charge is 0.372 e. The Morgan fingerprint density at radius 3 is 2.24 bits per heavy atom. The molecule has 7 nitrogen and oxygen atoms in total. The zero-order valence-corrected chi connectivity index (χ0v) is 23.6. The van der Waals surface area contributed by atoms with E-state index in [1.54, 1.807) is 0 Å². The van der Waals surface area contributed by atoms with Gasteiger partial charge in [0.2, 0.25) is 10.0 Å². The van der Waals surface area contributed by atoms with E-state index in [4.69, 9.17) is 9.73 Å². The highest BCUT2D eigenvalue weighted by Crippen LogP contribution is 2.34. The number of benzene rings is 2. The lowest BCUT2D eigenvalue weighted by Gasteiger charge is -2.30. The van der Waals surface area contributed by atoms with Crippen LogP contribution in [0.15, 0.2) is 77.3 Å². The molecule has 204 valence electrons. The Balaban J connectivity index is 1.81. The number of nitrogens with one attached hydrogen (secondary N) is 1. The molecular weight excluding hydrogens is 498 g/mol. The minimum Gasteiger partial charge on any atom is -0.372 e. The molecule has 0 fully saturated rings. The molecule has 1 aliphatic rings. The van der Waals surface area contributed by atoms with Gasteiger partial charge in [-0.3, -0.25) is 9.52 Å². The van der Waals surface area contributed by atoms with Crippen molar-refractivity contribution >= 4 is 33.0 Å². The van der Waals surface area contributed by atoms with Crippen molar-refractivity contribution in [1.29, 1.82) is 0 Å². The Bertz CT molecular complexity index is 1270. The van der Waals surface area contributed by atoms with Crippen LogP contribution in [-0.4, -0.2) is 57.1 Å². The lowest BCUT2D eigenvalue weighted by atomic mass is 9.93. The monoisotopic (exact) mass is 537 g/mol. The molecule has 0 aliphatic carbocycles. The van der Waals surface area contributed by atoms with Crippen molar-refractivity contribution in [3.63, 3.8) is 0 Å². The van der Waals surface area contributed by atoms with E-state index in [0.29, 0.717) is 6.61 Å². The molecule has 1 N–H and O–H groups in total. The van der Waals surface area contributed by atoms with Gasteiger partial charge in [0.05, 0.1) is 12.0 Å². The third kappa shape index (κ3) is 9.26. The molecule has 1 heterocycles. The van der Waals surface area contributed by atoms with Crippen molar-refractivity contribution in [2.75, 3.05) is 26.0 Å². The number of hydrogen-bond acceptors (Lipinski definition) is 6. The maximum Gasteiger partial charge on any atom is 0.259 e. The predicted molar refractivity (Wildman–Crippen MR) is 155 cm³/mol. The van der Waals surface area contributed by atoms with Gasteiger partial charge in [0, 0.05) is 24.8 Å². The smallest absolute Gasteiger partial charge is 0.259 e. The maximum absolute atomic E-state index is 11.6. The Morgan fingerprint density at radius 1 is 1.00 bits per heavy atom. The lowest BCUT2D eigenvalue weighted by molar-refractivity contribution is -0.123. The first-order valence-corrected chi connectivity index (χ1v) is 15.0. The molecular formula is C30H39N3O4S. The first-order chi connectivity index (χ1) is 18.1. The standard InChI is InChI=1S/C30H39N3O4S/c1-23(2)33(19-11-12-20-37-22-29(34)32-38(4,35)36)28-21-24(3)17-18-27(25-13-7-5-8-14-25)30(31-28)26-15-9-6-10-16-26/h5-10,13-16,21,23H,11-12,17-20,22H2,1-4H3,(H,32,34)/b24-21+,30-27+,31-28+. The van der Waals surface area contributed by atoms with Crippen LogP contribution in [0.4, 0.5) is 0 Å². The lowest BCUT2D eigenvalue weighted by Crippen LogP contribution is -2.37. The fourth-order valence-electron chi connectivity index (χ4n) is 4.37. The first kappa shape index (κ1) is 29.3. The van der Waals surface area contributed by atoms with Crippen LogP contribution in [0.5, 0.6) is 0 Å². The summed E-state index contributed by atoms with van der Waals surface area (Å²) in [6, 6.07) is 21.1. The minimum atomic E-state index is -3.57. The summed E-state index contributed by atoms with van der Waals surface area (Å²) < 4.78 is 29.6. The van der Waals surface area contributed by atoms with Gasteiger partial charge >= 0.3 is 0 Å². The van der Waals surface area contributed by atoms with E-state index in [1.165, 1.54) is 16.7 Å². The van der Waals surface area contributed by atoms with E-state index < -0.39 is 15.9 Å².